The first-order chi connectivity index (χ1) is 9.74. The first-order valence-corrected chi connectivity index (χ1v) is 8.10. The lowest BCUT2D eigenvalue weighted by Gasteiger charge is -2.01. The van der Waals surface area contributed by atoms with Gasteiger partial charge in [0, 0.05) is 18.5 Å². The van der Waals surface area contributed by atoms with Crippen molar-refractivity contribution in [2.45, 2.75) is 30.6 Å². The Bertz CT molecular complexity index is 567. The van der Waals surface area contributed by atoms with E-state index in [1.165, 1.54) is 30.2 Å². The third kappa shape index (κ3) is 3.80. The quantitative estimate of drug-likeness (QED) is 0.578. The van der Waals surface area contributed by atoms with E-state index in [1.54, 1.807) is 6.20 Å². The third-order valence-electron chi connectivity index (χ3n) is 2.54. The maximum absolute atomic E-state index is 11.0. The van der Waals surface area contributed by atoms with E-state index in [9.17, 15) is 4.79 Å². The van der Waals surface area contributed by atoms with E-state index < -0.39 is 0 Å². The normalized spacial score (nSPS) is 10.7. The van der Waals surface area contributed by atoms with E-state index in [1.807, 2.05) is 10.7 Å². The van der Waals surface area contributed by atoms with Crippen molar-refractivity contribution in [3.05, 3.63) is 12.3 Å². The molecule has 0 saturated heterocycles. The monoisotopic (exact) mass is 312 g/mol. The summed E-state index contributed by atoms with van der Waals surface area (Å²) >= 11 is 3.03. The number of methoxy groups -OCH3 is 1. The van der Waals surface area contributed by atoms with Crippen LogP contribution in [0.2, 0.25) is 0 Å². The van der Waals surface area contributed by atoms with Gasteiger partial charge in [-0.1, -0.05) is 30.0 Å². The number of hydrogen-bond donors (Lipinski definition) is 0. The Morgan fingerprint density at radius 3 is 3.10 bits per heavy atom. The van der Waals surface area contributed by atoms with Crippen LogP contribution in [0.5, 0.6) is 0 Å². The van der Waals surface area contributed by atoms with Crippen LogP contribution in [0.25, 0.3) is 10.7 Å². The first-order valence-electron chi connectivity index (χ1n) is 6.30. The molecule has 0 aliphatic carbocycles. The van der Waals surface area contributed by atoms with Gasteiger partial charge in [-0.15, -0.1) is 10.2 Å². The molecular formula is C12H16N4O2S2. The molecule has 2 aromatic heterocycles. The Balaban J connectivity index is 1.98. The van der Waals surface area contributed by atoms with Crippen LogP contribution in [0.4, 0.5) is 0 Å². The summed E-state index contributed by atoms with van der Waals surface area (Å²) in [7, 11) is 1.39. The fourth-order valence-corrected chi connectivity index (χ4v) is 3.47. The minimum absolute atomic E-state index is 0.205. The highest BCUT2D eigenvalue weighted by Gasteiger charge is 2.12. The molecular weight excluding hydrogens is 296 g/mol. The van der Waals surface area contributed by atoms with Gasteiger partial charge in [-0.25, -0.2) is 0 Å². The maximum atomic E-state index is 11.0. The molecule has 0 fully saturated rings. The van der Waals surface area contributed by atoms with Gasteiger partial charge in [0.05, 0.1) is 19.2 Å². The van der Waals surface area contributed by atoms with E-state index in [0.717, 1.165) is 28.0 Å². The van der Waals surface area contributed by atoms with Gasteiger partial charge in [-0.3, -0.25) is 9.48 Å². The van der Waals surface area contributed by atoms with E-state index in [-0.39, 0.29) is 5.97 Å². The highest BCUT2D eigenvalue weighted by atomic mass is 32.2. The summed E-state index contributed by atoms with van der Waals surface area (Å²) in [6.07, 6.45) is 3.18. The maximum Gasteiger partial charge on any atom is 0.306 e. The third-order valence-corrected chi connectivity index (χ3v) is 4.62. The lowest BCUT2D eigenvalue weighted by atomic mass is 10.4. The number of aryl methyl sites for hydroxylation is 1. The van der Waals surface area contributed by atoms with Gasteiger partial charge in [-0.2, -0.15) is 5.10 Å². The summed E-state index contributed by atoms with van der Waals surface area (Å²) in [5, 5.41) is 13.5. The molecule has 0 amide bonds. The second kappa shape index (κ2) is 7.39. The SMILES string of the molecule is CCCn1nccc1-c1nnc(SCCC(=O)OC)s1. The minimum Gasteiger partial charge on any atom is -0.469 e. The number of nitrogens with zero attached hydrogens (tertiary/aromatic N) is 4. The summed E-state index contributed by atoms with van der Waals surface area (Å²) in [6.45, 7) is 2.98. The Labute approximate surface area is 125 Å². The molecule has 0 aliphatic rings. The predicted molar refractivity (Wildman–Crippen MR) is 78.8 cm³/mol. The van der Waals surface area contributed by atoms with E-state index in [2.05, 4.69) is 27.0 Å². The molecule has 0 aromatic carbocycles. The van der Waals surface area contributed by atoms with Crippen LogP contribution in [-0.2, 0) is 16.1 Å². The molecule has 0 atom stereocenters. The Morgan fingerprint density at radius 1 is 1.50 bits per heavy atom. The number of esters is 1. The number of carbonyl (C=O) groups is 1. The van der Waals surface area contributed by atoms with Crippen LogP contribution in [0.1, 0.15) is 19.8 Å². The standard InChI is InChI=1S/C12H16N4O2S2/c1-3-7-16-9(4-6-13-16)11-14-15-12(20-11)19-8-5-10(17)18-2/h4,6H,3,5,7-8H2,1-2H3. The van der Waals surface area contributed by atoms with E-state index in [0.29, 0.717) is 12.2 Å². The number of ether oxygens (including phenoxy) is 1. The average molecular weight is 312 g/mol. The zero-order chi connectivity index (χ0) is 14.4. The molecule has 0 spiro atoms. The van der Waals surface area contributed by atoms with Crippen molar-refractivity contribution >= 4 is 29.1 Å². The summed E-state index contributed by atoms with van der Waals surface area (Å²) in [5.74, 6) is 0.443. The number of aromatic nitrogens is 4. The summed E-state index contributed by atoms with van der Waals surface area (Å²) < 4.78 is 7.39. The number of rotatable bonds is 7. The van der Waals surface area contributed by atoms with Crippen molar-refractivity contribution in [1.82, 2.24) is 20.0 Å². The topological polar surface area (TPSA) is 69.9 Å². The molecule has 2 rings (SSSR count). The molecule has 6 nitrogen and oxygen atoms in total. The lowest BCUT2D eigenvalue weighted by Crippen LogP contribution is -2.00. The molecule has 2 heterocycles. The van der Waals surface area contributed by atoms with Gasteiger partial charge in [0.25, 0.3) is 0 Å². The van der Waals surface area contributed by atoms with Crippen molar-refractivity contribution in [2.24, 2.45) is 0 Å². The lowest BCUT2D eigenvalue weighted by molar-refractivity contribution is -0.140. The second-order valence-corrected chi connectivity index (χ2v) is 6.31. The van der Waals surface area contributed by atoms with Gasteiger partial charge < -0.3 is 4.74 Å². The molecule has 108 valence electrons. The Morgan fingerprint density at radius 2 is 2.35 bits per heavy atom. The van der Waals surface area contributed by atoms with Gasteiger partial charge in [-0.05, 0) is 12.5 Å². The summed E-state index contributed by atoms with van der Waals surface area (Å²) in [6, 6.07) is 1.94. The van der Waals surface area contributed by atoms with Crippen molar-refractivity contribution in [1.29, 1.82) is 0 Å². The smallest absolute Gasteiger partial charge is 0.306 e. The van der Waals surface area contributed by atoms with Crippen LogP contribution in [0.15, 0.2) is 16.6 Å². The number of hydrogen-bond acceptors (Lipinski definition) is 7. The number of thioether (sulfide) groups is 1. The zero-order valence-electron chi connectivity index (χ0n) is 11.4. The molecule has 0 unspecified atom stereocenters. The molecule has 0 aliphatic heterocycles. The highest BCUT2D eigenvalue weighted by molar-refractivity contribution is 8.01. The van der Waals surface area contributed by atoms with Gasteiger partial charge in [0.15, 0.2) is 9.35 Å². The Kier molecular flexibility index (Phi) is 5.54. The molecule has 0 N–H and O–H groups in total. The fourth-order valence-electron chi connectivity index (χ4n) is 1.60. The molecule has 0 radical (unpaired) electrons. The fraction of sp³-hybridized carbons (Fsp3) is 0.500. The molecule has 0 saturated carbocycles. The van der Waals surface area contributed by atoms with Crippen LogP contribution < -0.4 is 0 Å². The van der Waals surface area contributed by atoms with Crippen molar-refractivity contribution in [3.8, 4) is 10.7 Å². The summed E-state index contributed by atoms with van der Waals surface area (Å²) in [5.41, 5.74) is 0.990. The van der Waals surface area contributed by atoms with E-state index >= 15 is 0 Å². The van der Waals surface area contributed by atoms with Crippen molar-refractivity contribution in [2.75, 3.05) is 12.9 Å². The van der Waals surface area contributed by atoms with Crippen LogP contribution in [0, 0.1) is 0 Å². The van der Waals surface area contributed by atoms with Crippen molar-refractivity contribution in [3.63, 3.8) is 0 Å². The van der Waals surface area contributed by atoms with Gasteiger partial charge in [0.1, 0.15) is 0 Å². The molecule has 0 bridgehead atoms. The van der Waals surface area contributed by atoms with Crippen LogP contribution >= 0.6 is 23.1 Å². The largest absolute Gasteiger partial charge is 0.469 e. The molecule has 20 heavy (non-hydrogen) atoms. The first kappa shape index (κ1) is 15.0. The molecule has 2 aromatic rings. The summed E-state index contributed by atoms with van der Waals surface area (Å²) in [4.78, 5) is 11.0. The molecule has 8 heteroatoms. The van der Waals surface area contributed by atoms with E-state index in [4.69, 9.17) is 0 Å². The number of carbonyl (C=O) groups excluding carboxylic acids is 1. The van der Waals surface area contributed by atoms with Gasteiger partial charge in [0.2, 0.25) is 0 Å². The van der Waals surface area contributed by atoms with Crippen LogP contribution in [-0.4, -0.2) is 38.8 Å². The predicted octanol–water partition coefficient (Wildman–Crippen LogP) is 2.47. The second-order valence-electron chi connectivity index (χ2n) is 3.99. The van der Waals surface area contributed by atoms with Crippen molar-refractivity contribution < 1.29 is 9.53 Å². The van der Waals surface area contributed by atoms with Gasteiger partial charge >= 0.3 is 5.97 Å². The minimum atomic E-state index is -0.205. The van der Waals surface area contributed by atoms with Crippen LogP contribution in [0.3, 0.4) is 0 Å². The zero-order valence-corrected chi connectivity index (χ0v) is 13.0. The Hall–Kier alpha value is -1.41. The highest BCUT2D eigenvalue weighted by Crippen LogP contribution is 2.29. The average Bonchev–Trinajstić information content (AvgIpc) is 3.07.